The largest absolute Gasteiger partial charge is 0.495 e. The molecule has 1 saturated heterocycles. The van der Waals surface area contributed by atoms with Gasteiger partial charge in [0.2, 0.25) is 10.0 Å². The molecule has 2 unspecified atom stereocenters. The van der Waals surface area contributed by atoms with E-state index in [0.29, 0.717) is 16.5 Å². The molecule has 3 heterocycles. The van der Waals surface area contributed by atoms with Gasteiger partial charge >= 0.3 is 0 Å². The van der Waals surface area contributed by atoms with Gasteiger partial charge in [0.1, 0.15) is 5.75 Å². The van der Waals surface area contributed by atoms with E-state index in [1.807, 2.05) is 47.4 Å². The zero-order valence-corrected chi connectivity index (χ0v) is 23.9. The van der Waals surface area contributed by atoms with E-state index in [9.17, 15) is 8.42 Å². The molecule has 2 atom stereocenters. The highest BCUT2D eigenvalue weighted by molar-refractivity contribution is 7.92. The molecule has 1 aliphatic heterocycles. The molecule has 0 amide bonds. The minimum atomic E-state index is -3.53. The quantitative estimate of drug-likeness (QED) is 0.289. The minimum Gasteiger partial charge on any atom is -0.495 e. The number of aromatic nitrogens is 2. The molecule has 1 aliphatic rings. The lowest BCUT2D eigenvalue weighted by atomic mass is 9.96. The van der Waals surface area contributed by atoms with Gasteiger partial charge < -0.3 is 19.5 Å². The van der Waals surface area contributed by atoms with Gasteiger partial charge in [-0.3, -0.25) is 9.71 Å². The van der Waals surface area contributed by atoms with E-state index in [-0.39, 0.29) is 12.1 Å². The van der Waals surface area contributed by atoms with Crippen LogP contribution in [0.5, 0.6) is 5.75 Å². The van der Waals surface area contributed by atoms with Gasteiger partial charge in [0.25, 0.3) is 0 Å². The van der Waals surface area contributed by atoms with Crippen molar-refractivity contribution in [1.29, 1.82) is 0 Å². The van der Waals surface area contributed by atoms with Crippen LogP contribution in [-0.2, 0) is 16.6 Å². The van der Waals surface area contributed by atoms with Gasteiger partial charge in [-0.25, -0.2) is 8.42 Å². The summed E-state index contributed by atoms with van der Waals surface area (Å²) in [5, 5.41) is 4.01. The van der Waals surface area contributed by atoms with Crippen LogP contribution < -0.4 is 19.7 Å². The van der Waals surface area contributed by atoms with Crippen LogP contribution in [0.25, 0.3) is 0 Å². The smallest absolute Gasteiger partial charge is 0.229 e. The standard InChI is InChI=1S/C29H31N5O3S2/c1-19-16-23(20(2)33(19)18-21-10-6-5-7-11-21)28-27(24-12-8-9-15-30-24)31-29(38)34(28)22-13-14-26(37-3)25(17-22)32-39(4,35)36/h5-17,27-28,32H,18H2,1-4H3,(H,31,38). The Kier molecular flexibility index (Phi) is 7.33. The molecule has 0 spiro atoms. The Morgan fingerprint density at radius 2 is 1.79 bits per heavy atom. The van der Waals surface area contributed by atoms with Crippen LogP contribution in [-0.4, -0.2) is 36.4 Å². The molecule has 0 saturated carbocycles. The van der Waals surface area contributed by atoms with Gasteiger partial charge in [0.05, 0.1) is 36.8 Å². The SMILES string of the molecule is COc1ccc(N2C(=S)NC(c3ccccn3)C2c2cc(C)n(Cc3ccccc3)c2C)cc1NS(C)(=O)=O. The number of methoxy groups -OCH3 is 1. The summed E-state index contributed by atoms with van der Waals surface area (Å²) in [5.41, 5.74) is 6.53. The average molecular weight is 562 g/mol. The lowest BCUT2D eigenvalue weighted by Gasteiger charge is -2.29. The van der Waals surface area contributed by atoms with Crippen LogP contribution >= 0.6 is 12.2 Å². The number of rotatable bonds is 8. The molecule has 2 aromatic heterocycles. The second-order valence-corrected chi connectivity index (χ2v) is 11.8. The molecule has 2 aromatic carbocycles. The topological polar surface area (TPSA) is 88.5 Å². The first-order chi connectivity index (χ1) is 18.7. The van der Waals surface area contributed by atoms with E-state index in [4.69, 9.17) is 17.0 Å². The van der Waals surface area contributed by atoms with Crippen LogP contribution in [0, 0.1) is 13.8 Å². The van der Waals surface area contributed by atoms with E-state index in [1.165, 1.54) is 12.7 Å². The molecular weight excluding hydrogens is 530 g/mol. The molecule has 0 aliphatic carbocycles. The fourth-order valence-electron chi connectivity index (χ4n) is 5.21. The van der Waals surface area contributed by atoms with Gasteiger partial charge in [-0.2, -0.15) is 0 Å². The first-order valence-electron chi connectivity index (χ1n) is 12.5. The van der Waals surface area contributed by atoms with Crippen molar-refractivity contribution >= 4 is 38.7 Å². The van der Waals surface area contributed by atoms with Crippen molar-refractivity contribution in [3.05, 3.63) is 107 Å². The number of thiocarbonyl (C=S) groups is 1. The van der Waals surface area contributed by atoms with Crippen molar-refractivity contribution in [3.63, 3.8) is 0 Å². The van der Waals surface area contributed by atoms with Crippen molar-refractivity contribution in [1.82, 2.24) is 14.9 Å². The van der Waals surface area contributed by atoms with Crippen LogP contribution in [0.2, 0.25) is 0 Å². The average Bonchev–Trinajstić information content (AvgIpc) is 3.39. The van der Waals surface area contributed by atoms with Crippen LogP contribution in [0.15, 0.2) is 79.0 Å². The van der Waals surface area contributed by atoms with Crippen LogP contribution in [0.3, 0.4) is 0 Å². The number of nitrogens with zero attached hydrogens (tertiary/aromatic N) is 3. The molecule has 10 heteroatoms. The van der Waals surface area contributed by atoms with Gasteiger partial charge in [-0.15, -0.1) is 0 Å². The van der Waals surface area contributed by atoms with Gasteiger partial charge in [-0.05, 0) is 73.6 Å². The second kappa shape index (κ2) is 10.7. The van der Waals surface area contributed by atoms with Gasteiger partial charge in [0.15, 0.2) is 5.11 Å². The lowest BCUT2D eigenvalue weighted by molar-refractivity contribution is 0.417. The monoisotopic (exact) mass is 561 g/mol. The molecule has 4 aromatic rings. The Hall–Kier alpha value is -3.89. The summed E-state index contributed by atoms with van der Waals surface area (Å²) in [6.07, 6.45) is 2.89. The van der Waals surface area contributed by atoms with Crippen molar-refractivity contribution in [2.75, 3.05) is 23.0 Å². The van der Waals surface area contributed by atoms with Crippen LogP contribution in [0.4, 0.5) is 11.4 Å². The molecular formula is C29H31N5O3S2. The van der Waals surface area contributed by atoms with Gasteiger partial charge in [-0.1, -0.05) is 36.4 Å². The molecule has 39 heavy (non-hydrogen) atoms. The fraction of sp³-hybridized carbons (Fsp3) is 0.241. The highest BCUT2D eigenvalue weighted by atomic mass is 32.2. The van der Waals surface area contributed by atoms with Crippen LogP contribution in [0.1, 0.15) is 40.3 Å². The zero-order chi connectivity index (χ0) is 27.7. The van der Waals surface area contributed by atoms with Crippen molar-refractivity contribution in [2.45, 2.75) is 32.5 Å². The summed E-state index contributed by atoms with van der Waals surface area (Å²) in [6, 6.07) is 23.4. The number of anilines is 2. The third kappa shape index (κ3) is 5.48. The predicted molar refractivity (Wildman–Crippen MR) is 159 cm³/mol. The maximum Gasteiger partial charge on any atom is 0.229 e. The molecule has 0 radical (unpaired) electrons. The first-order valence-corrected chi connectivity index (χ1v) is 14.8. The number of ether oxygens (including phenoxy) is 1. The summed E-state index contributed by atoms with van der Waals surface area (Å²) < 4.78 is 34.5. The Balaban J connectivity index is 1.64. The molecule has 8 nitrogen and oxygen atoms in total. The summed E-state index contributed by atoms with van der Waals surface area (Å²) >= 11 is 5.89. The lowest BCUT2D eigenvalue weighted by Crippen LogP contribution is -2.29. The minimum absolute atomic E-state index is 0.224. The van der Waals surface area contributed by atoms with Gasteiger partial charge in [0, 0.05) is 29.8 Å². The number of nitrogens with one attached hydrogen (secondary N) is 2. The maximum absolute atomic E-state index is 12.1. The predicted octanol–water partition coefficient (Wildman–Crippen LogP) is 5.11. The number of aryl methyl sites for hydroxylation is 1. The summed E-state index contributed by atoms with van der Waals surface area (Å²) in [7, 11) is -2.03. The first kappa shape index (κ1) is 26.7. The summed E-state index contributed by atoms with van der Waals surface area (Å²) in [5.74, 6) is 0.418. The Bertz CT molecular complexity index is 1600. The normalized spacial score (nSPS) is 17.2. The molecule has 1 fully saturated rings. The van der Waals surface area contributed by atoms with E-state index in [0.717, 1.165) is 41.1 Å². The number of sulfonamides is 1. The molecule has 0 bridgehead atoms. The van der Waals surface area contributed by atoms with E-state index < -0.39 is 10.0 Å². The van der Waals surface area contributed by atoms with E-state index >= 15 is 0 Å². The number of hydrogen-bond donors (Lipinski definition) is 2. The molecule has 5 rings (SSSR count). The summed E-state index contributed by atoms with van der Waals surface area (Å²) in [6.45, 7) is 5.00. The zero-order valence-electron chi connectivity index (χ0n) is 22.3. The Labute approximate surface area is 234 Å². The van der Waals surface area contributed by atoms with Crippen molar-refractivity contribution < 1.29 is 13.2 Å². The molecule has 2 N–H and O–H groups in total. The fourth-order valence-corrected chi connectivity index (χ4v) is 6.12. The highest BCUT2D eigenvalue weighted by Crippen LogP contribution is 2.44. The Morgan fingerprint density at radius 3 is 2.46 bits per heavy atom. The molecule has 202 valence electrons. The highest BCUT2D eigenvalue weighted by Gasteiger charge is 2.42. The van der Waals surface area contributed by atoms with Crippen molar-refractivity contribution in [3.8, 4) is 5.75 Å². The number of hydrogen-bond acceptors (Lipinski definition) is 5. The second-order valence-electron chi connectivity index (χ2n) is 9.65. The third-order valence-electron chi connectivity index (χ3n) is 6.97. The number of benzene rings is 2. The summed E-state index contributed by atoms with van der Waals surface area (Å²) in [4.78, 5) is 6.69. The maximum atomic E-state index is 12.1. The van der Waals surface area contributed by atoms with Crippen molar-refractivity contribution in [2.24, 2.45) is 0 Å². The van der Waals surface area contributed by atoms with E-state index in [2.05, 4.69) is 51.6 Å². The third-order valence-corrected chi connectivity index (χ3v) is 7.87. The van der Waals surface area contributed by atoms with E-state index in [1.54, 1.807) is 18.3 Å². The Morgan fingerprint density at radius 1 is 1.05 bits per heavy atom. The number of pyridine rings is 1.